The fourth-order valence-electron chi connectivity index (χ4n) is 2.87. The topological polar surface area (TPSA) is 41.5 Å². The van der Waals surface area contributed by atoms with E-state index in [0.717, 1.165) is 5.56 Å². The Morgan fingerprint density at radius 1 is 1.37 bits per heavy atom. The predicted octanol–water partition coefficient (Wildman–Crippen LogP) is 2.87. The summed E-state index contributed by atoms with van der Waals surface area (Å²) in [5.41, 5.74) is 0.851. The van der Waals surface area contributed by atoms with Crippen molar-refractivity contribution in [3.8, 4) is 0 Å². The Kier molecular flexibility index (Phi) is 3.83. The Labute approximate surface area is 113 Å². The maximum Gasteiger partial charge on any atom is 0.125 e. The zero-order chi connectivity index (χ0) is 14.1. The second kappa shape index (κ2) is 5.10. The lowest BCUT2D eigenvalue weighted by molar-refractivity contribution is -0.0838. The number of aryl methyl sites for hydroxylation is 1. The molecule has 0 amide bonds. The molecular weight excluding hydrogens is 245 g/mol. The van der Waals surface area contributed by atoms with E-state index in [1.165, 1.54) is 12.1 Å². The molecule has 1 fully saturated rings. The first-order valence-electron chi connectivity index (χ1n) is 6.64. The van der Waals surface area contributed by atoms with Gasteiger partial charge in [0.1, 0.15) is 5.82 Å². The molecule has 2 N–H and O–H groups in total. The molecule has 1 aliphatic rings. The van der Waals surface area contributed by atoms with E-state index in [2.05, 4.69) is 5.32 Å². The number of nitrogens with one attached hydrogen (secondary N) is 1. The Hall–Kier alpha value is -1.13. The van der Waals surface area contributed by atoms with Gasteiger partial charge in [0.05, 0.1) is 17.7 Å². The summed E-state index contributed by atoms with van der Waals surface area (Å²) in [7, 11) is 0. The first kappa shape index (κ1) is 14.3. The van der Waals surface area contributed by atoms with Crippen LogP contribution >= 0.6 is 0 Å². The summed E-state index contributed by atoms with van der Waals surface area (Å²) in [5.74, 6) is -0.262. The van der Waals surface area contributed by atoms with Gasteiger partial charge in [0.15, 0.2) is 0 Å². The number of aliphatic hydroxyl groups is 1. The van der Waals surface area contributed by atoms with Crippen LogP contribution in [-0.2, 0) is 4.74 Å². The summed E-state index contributed by atoms with van der Waals surface area (Å²) in [6.07, 6.45) is 1.40. The highest BCUT2D eigenvalue weighted by Gasteiger charge is 2.40. The number of hydrogen-bond acceptors (Lipinski definition) is 3. The lowest BCUT2D eigenvalue weighted by Crippen LogP contribution is -2.53. The Balaban J connectivity index is 2.22. The van der Waals surface area contributed by atoms with Crippen molar-refractivity contribution < 1.29 is 14.2 Å². The van der Waals surface area contributed by atoms with Gasteiger partial charge in [-0.15, -0.1) is 0 Å². The lowest BCUT2D eigenvalue weighted by atomic mass is 9.81. The van der Waals surface area contributed by atoms with Gasteiger partial charge < -0.3 is 15.2 Å². The molecule has 1 heterocycles. The molecule has 3 nitrogen and oxygen atoms in total. The number of hydrogen-bond donors (Lipinski definition) is 2. The van der Waals surface area contributed by atoms with Crippen LogP contribution in [0.15, 0.2) is 18.2 Å². The van der Waals surface area contributed by atoms with Crippen LogP contribution in [0.1, 0.15) is 32.3 Å². The molecule has 0 aromatic heterocycles. The van der Waals surface area contributed by atoms with Crippen molar-refractivity contribution in [1.29, 1.82) is 0 Å². The zero-order valence-electron chi connectivity index (χ0n) is 11.8. The molecule has 1 aliphatic heterocycles. The van der Waals surface area contributed by atoms with E-state index in [1.54, 1.807) is 0 Å². The van der Waals surface area contributed by atoms with Crippen molar-refractivity contribution in [2.75, 3.05) is 18.5 Å². The van der Waals surface area contributed by atoms with Crippen molar-refractivity contribution >= 4 is 5.69 Å². The van der Waals surface area contributed by atoms with Crippen molar-refractivity contribution in [3.05, 3.63) is 29.6 Å². The van der Waals surface area contributed by atoms with E-state index in [0.29, 0.717) is 25.1 Å². The molecule has 0 aliphatic carbocycles. The summed E-state index contributed by atoms with van der Waals surface area (Å²) in [6, 6.07) is 4.85. The highest BCUT2D eigenvalue weighted by Crippen LogP contribution is 2.34. The van der Waals surface area contributed by atoms with Crippen molar-refractivity contribution in [2.45, 2.75) is 44.8 Å². The summed E-state index contributed by atoms with van der Waals surface area (Å²) in [4.78, 5) is 0. The Morgan fingerprint density at radius 2 is 2.11 bits per heavy atom. The van der Waals surface area contributed by atoms with Gasteiger partial charge in [0.2, 0.25) is 0 Å². The molecule has 1 aromatic carbocycles. The highest BCUT2D eigenvalue weighted by atomic mass is 19.1. The lowest BCUT2D eigenvalue weighted by Gasteiger charge is -2.45. The third-order valence-corrected chi connectivity index (χ3v) is 3.59. The van der Waals surface area contributed by atoms with E-state index in [9.17, 15) is 9.50 Å². The maximum atomic E-state index is 13.4. The molecule has 0 radical (unpaired) electrons. The number of ether oxygens (including phenoxy) is 1. The number of benzene rings is 1. The normalized spacial score (nSPS) is 26.2. The van der Waals surface area contributed by atoms with Crippen LogP contribution in [0.3, 0.4) is 0 Å². The largest absolute Gasteiger partial charge is 0.394 e. The van der Waals surface area contributed by atoms with Crippen LogP contribution in [0.2, 0.25) is 0 Å². The molecule has 19 heavy (non-hydrogen) atoms. The quantitative estimate of drug-likeness (QED) is 0.885. The Bertz CT molecular complexity index is 441. The predicted molar refractivity (Wildman–Crippen MR) is 73.8 cm³/mol. The van der Waals surface area contributed by atoms with Gasteiger partial charge in [0, 0.05) is 18.7 Å². The molecule has 0 spiro atoms. The second-order valence-electron chi connectivity index (χ2n) is 6.12. The molecule has 2 rings (SSSR count). The van der Waals surface area contributed by atoms with Crippen molar-refractivity contribution in [1.82, 2.24) is 0 Å². The van der Waals surface area contributed by atoms with Crippen LogP contribution in [0.5, 0.6) is 0 Å². The molecule has 106 valence electrons. The molecule has 1 aromatic rings. The summed E-state index contributed by atoms with van der Waals surface area (Å²) in [5, 5.41) is 13.1. The number of rotatable bonds is 3. The molecule has 4 heteroatoms. The van der Waals surface area contributed by atoms with Gasteiger partial charge in [-0.3, -0.25) is 0 Å². The van der Waals surface area contributed by atoms with Crippen LogP contribution in [0, 0.1) is 12.7 Å². The number of aliphatic hydroxyl groups excluding tert-OH is 1. The molecule has 1 saturated heterocycles. The minimum absolute atomic E-state index is 0.00928. The first-order valence-corrected chi connectivity index (χ1v) is 6.64. The van der Waals surface area contributed by atoms with Gasteiger partial charge in [-0.1, -0.05) is 0 Å². The first-order chi connectivity index (χ1) is 8.84. The van der Waals surface area contributed by atoms with Gasteiger partial charge in [-0.25, -0.2) is 4.39 Å². The van der Waals surface area contributed by atoms with E-state index in [1.807, 2.05) is 26.8 Å². The third-order valence-electron chi connectivity index (χ3n) is 3.59. The summed E-state index contributed by atoms with van der Waals surface area (Å²) in [6.45, 7) is 6.47. The van der Waals surface area contributed by atoms with Crippen molar-refractivity contribution in [2.24, 2.45) is 0 Å². The molecule has 0 saturated carbocycles. The minimum atomic E-state index is -0.442. The van der Waals surface area contributed by atoms with Crippen LogP contribution in [0.25, 0.3) is 0 Å². The summed E-state index contributed by atoms with van der Waals surface area (Å²) >= 11 is 0. The average Bonchev–Trinajstić information content (AvgIpc) is 2.26. The van der Waals surface area contributed by atoms with E-state index >= 15 is 0 Å². The molecule has 1 atom stereocenters. The third kappa shape index (κ3) is 3.45. The zero-order valence-corrected chi connectivity index (χ0v) is 11.8. The smallest absolute Gasteiger partial charge is 0.125 e. The minimum Gasteiger partial charge on any atom is -0.394 e. The van der Waals surface area contributed by atoms with Crippen LogP contribution in [-0.4, -0.2) is 29.5 Å². The van der Waals surface area contributed by atoms with E-state index in [-0.39, 0.29) is 18.0 Å². The number of halogens is 1. The average molecular weight is 267 g/mol. The van der Waals surface area contributed by atoms with Gasteiger partial charge >= 0.3 is 0 Å². The molecule has 0 bridgehead atoms. The maximum absolute atomic E-state index is 13.4. The molecule has 1 unspecified atom stereocenters. The fourth-order valence-corrected chi connectivity index (χ4v) is 2.87. The van der Waals surface area contributed by atoms with Crippen LogP contribution in [0.4, 0.5) is 10.1 Å². The summed E-state index contributed by atoms with van der Waals surface area (Å²) < 4.78 is 19.1. The monoisotopic (exact) mass is 267 g/mol. The van der Waals surface area contributed by atoms with Crippen LogP contribution < -0.4 is 5.32 Å². The fraction of sp³-hybridized carbons (Fsp3) is 0.600. The Morgan fingerprint density at radius 3 is 2.68 bits per heavy atom. The highest BCUT2D eigenvalue weighted by molar-refractivity contribution is 5.48. The van der Waals surface area contributed by atoms with Gasteiger partial charge in [-0.2, -0.15) is 0 Å². The SMILES string of the molecule is Cc1cc(F)cc(NC2(CO)CCOC(C)(C)C2)c1. The molecular formula is C15H22FNO2. The van der Waals surface area contributed by atoms with E-state index in [4.69, 9.17) is 4.74 Å². The van der Waals surface area contributed by atoms with Gasteiger partial charge in [-0.05, 0) is 51.0 Å². The van der Waals surface area contributed by atoms with Gasteiger partial charge in [0.25, 0.3) is 0 Å². The number of anilines is 1. The van der Waals surface area contributed by atoms with Crippen molar-refractivity contribution in [3.63, 3.8) is 0 Å². The second-order valence-corrected chi connectivity index (χ2v) is 6.12. The van der Waals surface area contributed by atoms with E-state index < -0.39 is 5.54 Å². The standard InChI is InChI=1S/C15H22FNO2/c1-11-6-12(16)8-13(7-11)17-15(10-18)4-5-19-14(2,3)9-15/h6-8,17-18H,4-5,9-10H2,1-3H3.